The van der Waals surface area contributed by atoms with Crippen molar-refractivity contribution < 1.29 is 4.42 Å². The van der Waals surface area contributed by atoms with Crippen molar-refractivity contribution in [3.8, 4) is 0 Å². The van der Waals surface area contributed by atoms with Crippen LogP contribution < -0.4 is 15.6 Å². The lowest BCUT2D eigenvalue weighted by Gasteiger charge is -2.18. The van der Waals surface area contributed by atoms with Gasteiger partial charge in [-0.15, -0.1) is 0 Å². The normalized spacial score (nSPS) is 10.7. The fourth-order valence-electron chi connectivity index (χ4n) is 2.74. The van der Waals surface area contributed by atoms with E-state index in [-0.39, 0.29) is 5.43 Å². The Kier molecular flexibility index (Phi) is 4.49. The molecule has 0 fully saturated rings. The zero-order valence-electron chi connectivity index (χ0n) is 14.7. The van der Waals surface area contributed by atoms with Crippen LogP contribution in [0.15, 0.2) is 76.5 Å². The van der Waals surface area contributed by atoms with Gasteiger partial charge in [0.15, 0.2) is 16.8 Å². The maximum Gasteiger partial charge on any atom is 0.204 e. The molecule has 7 heteroatoms. The minimum Gasteiger partial charge on any atom is -0.436 e. The Hall–Kier alpha value is -3.74. The lowest BCUT2D eigenvalue weighted by atomic mass is 10.2. The standard InChI is InChI=1S/C20H17N5O2/c1-25(15-5-3-2-4-6-15)18-11-17(26)16-7-8-23-20(19(16)27-18)24-13-14-12-21-9-10-22-14/h2-12H,13H2,1H3,(H,23,24). The molecule has 0 radical (unpaired) electrons. The number of aromatic nitrogens is 3. The summed E-state index contributed by atoms with van der Waals surface area (Å²) >= 11 is 0. The van der Waals surface area contributed by atoms with E-state index in [1.807, 2.05) is 42.3 Å². The fourth-order valence-corrected chi connectivity index (χ4v) is 2.74. The van der Waals surface area contributed by atoms with E-state index in [1.165, 1.54) is 6.07 Å². The molecule has 0 bridgehead atoms. The Morgan fingerprint density at radius 3 is 2.70 bits per heavy atom. The van der Waals surface area contributed by atoms with Crippen LogP contribution in [0.2, 0.25) is 0 Å². The molecule has 1 aromatic carbocycles. The van der Waals surface area contributed by atoms with Gasteiger partial charge in [0.2, 0.25) is 5.88 Å². The molecule has 3 heterocycles. The van der Waals surface area contributed by atoms with E-state index in [9.17, 15) is 4.79 Å². The van der Waals surface area contributed by atoms with Gasteiger partial charge < -0.3 is 14.6 Å². The molecule has 0 unspecified atom stereocenters. The Bertz CT molecular complexity index is 1110. The molecule has 0 aliphatic carbocycles. The van der Waals surface area contributed by atoms with Crippen LogP contribution in [0.3, 0.4) is 0 Å². The largest absolute Gasteiger partial charge is 0.436 e. The molecule has 4 aromatic rings. The number of rotatable bonds is 5. The first-order valence-electron chi connectivity index (χ1n) is 8.43. The van der Waals surface area contributed by atoms with Crippen molar-refractivity contribution in [3.05, 3.63) is 83.2 Å². The van der Waals surface area contributed by atoms with Gasteiger partial charge in [-0.1, -0.05) is 18.2 Å². The van der Waals surface area contributed by atoms with Crippen molar-refractivity contribution in [2.75, 3.05) is 17.3 Å². The highest BCUT2D eigenvalue weighted by atomic mass is 16.4. The van der Waals surface area contributed by atoms with Crippen LogP contribution in [0.5, 0.6) is 0 Å². The molecular formula is C20H17N5O2. The van der Waals surface area contributed by atoms with Crippen LogP contribution in [0.4, 0.5) is 17.4 Å². The number of para-hydroxylation sites is 1. The van der Waals surface area contributed by atoms with Gasteiger partial charge >= 0.3 is 0 Å². The molecule has 0 saturated carbocycles. The molecule has 4 rings (SSSR count). The van der Waals surface area contributed by atoms with Crippen molar-refractivity contribution in [2.24, 2.45) is 0 Å². The van der Waals surface area contributed by atoms with Crippen molar-refractivity contribution in [1.82, 2.24) is 15.0 Å². The number of hydrogen-bond donors (Lipinski definition) is 1. The molecule has 3 aromatic heterocycles. The number of nitrogens with zero attached hydrogens (tertiary/aromatic N) is 4. The summed E-state index contributed by atoms with van der Waals surface area (Å²) in [5, 5.41) is 3.64. The van der Waals surface area contributed by atoms with Crippen LogP contribution in [-0.2, 0) is 6.54 Å². The van der Waals surface area contributed by atoms with Gasteiger partial charge in [-0.3, -0.25) is 14.8 Å². The van der Waals surface area contributed by atoms with Crippen LogP contribution in [0.1, 0.15) is 5.69 Å². The maximum absolute atomic E-state index is 12.6. The van der Waals surface area contributed by atoms with Crippen molar-refractivity contribution >= 4 is 28.4 Å². The molecule has 0 aliphatic heterocycles. The zero-order valence-corrected chi connectivity index (χ0v) is 14.7. The first-order chi connectivity index (χ1) is 13.2. The predicted molar refractivity (Wildman–Crippen MR) is 104 cm³/mol. The smallest absolute Gasteiger partial charge is 0.204 e. The third kappa shape index (κ3) is 3.48. The molecule has 27 heavy (non-hydrogen) atoms. The first kappa shape index (κ1) is 16.7. The number of hydrogen-bond acceptors (Lipinski definition) is 7. The predicted octanol–water partition coefficient (Wildman–Crippen LogP) is 3.36. The maximum atomic E-state index is 12.6. The van der Waals surface area contributed by atoms with Crippen molar-refractivity contribution in [3.63, 3.8) is 0 Å². The average Bonchev–Trinajstić information content (AvgIpc) is 2.73. The molecule has 0 amide bonds. The van der Waals surface area contributed by atoms with E-state index >= 15 is 0 Å². The summed E-state index contributed by atoms with van der Waals surface area (Å²) in [6.45, 7) is 0.419. The summed E-state index contributed by atoms with van der Waals surface area (Å²) in [5.41, 5.74) is 1.96. The monoisotopic (exact) mass is 359 g/mol. The Labute approximate surface area is 155 Å². The van der Waals surface area contributed by atoms with E-state index in [0.29, 0.717) is 29.2 Å². The molecule has 0 spiro atoms. The summed E-state index contributed by atoms with van der Waals surface area (Å²) in [6.07, 6.45) is 6.49. The third-order valence-corrected chi connectivity index (χ3v) is 4.16. The van der Waals surface area contributed by atoms with Gasteiger partial charge in [-0.25, -0.2) is 4.98 Å². The minimum atomic E-state index is -0.126. The third-order valence-electron chi connectivity index (χ3n) is 4.16. The second kappa shape index (κ2) is 7.25. The quantitative estimate of drug-likeness (QED) is 0.585. The topological polar surface area (TPSA) is 84.2 Å². The highest BCUT2D eigenvalue weighted by Gasteiger charge is 2.13. The molecule has 0 atom stereocenters. The lowest BCUT2D eigenvalue weighted by Crippen LogP contribution is -2.13. The van der Waals surface area contributed by atoms with Gasteiger partial charge in [0, 0.05) is 37.4 Å². The fraction of sp³-hybridized carbons (Fsp3) is 0.100. The number of nitrogens with one attached hydrogen (secondary N) is 1. The Balaban J connectivity index is 1.73. The SMILES string of the molecule is CN(c1ccccc1)c1cc(=O)c2ccnc(NCc3cnccn3)c2o1. The van der Waals surface area contributed by atoms with Crippen LogP contribution in [0.25, 0.3) is 11.0 Å². The van der Waals surface area contributed by atoms with Crippen LogP contribution in [0, 0.1) is 0 Å². The van der Waals surface area contributed by atoms with E-state index in [2.05, 4.69) is 20.3 Å². The minimum absolute atomic E-state index is 0.126. The molecule has 134 valence electrons. The summed E-state index contributed by atoms with van der Waals surface area (Å²) in [6, 6.07) is 12.8. The molecular weight excluding hydrogens is 342 g/mol. The molecule has 7 nitrogen and oxygen atoms in total. The van der Waals surface area contributed by atoms with E-state index < -0.39 is 0 Å². The molecule has 0 aliphatic rings. The molecule has 1 N–H and O–H groups in total. The van der Waals surface area contributed by atoms with Crippen LogP contribution in [-0.4, -0.2) is 22.0 Å². The van der Waals surface area contributed by atoms with Crippen molar-refractivity contribution in [1.29, 1.82) is 0 Å². The van der Waals surface area contributed by atoms with E-state index in [4.69, 9.17) is 4.42 Å². The Morgan fingerprint density at radius 1 is 1.07 bits per heavy atom. The summed E-state index contributed by atoms with van der Waals surface area (Å²) in [7, 11) is 1.85. The van der Waals surface area contributed by atoms with E-state index in [1.54, 1.807) is 30.9 Å². The van der Waals surface area contributed by atoms with Crippen LogP contribution >= 0.6 is 0 Å². The number of benzene rings is 1. The lowest BCUT2D eigenvalue weighted by molar-refractivity contribution is 0.602. The van der Waals surface area contributed by atoms with Gasteiger partial charge in [0.25, 0.3) is 0 Å². The van der Waals surface area contributed by atoms with E-state index in [0.717, 1.165) is 11.4 Å². The summed E-state index contributed by atoms with van der Waals surface area (Å²) < 4.78 is 6.04. The van der Waals surface area contributed by atoms with Gasteiger partial charge in [0.1, 0.15) is 0 Å². The Morgan fingerprint density at radius 2 is 1.93 bits per heavy atom. The first-order valence-corrected chi connectivity index (χ1v) is 8.43. The zero-order chi connectivity index (χ0) is 18.6. The number of anilines is 3. The summed E-state index contributed by atoms with van der Waals surface area (Å²) in [5.74, 6) is 0.924. The number of fused-ring (bicyclic) bond motifs is 1. The van der Waals surface area contributed by atoms with Gasteiger partial charge in [-0.05, 0) is 18.2 Å². The second-order valence-electron chi connectivity index (χ2n) is 5.93. The highest BCUT2D eigenvalue weighted by molar-refractivity contribution is 5.87. The second-order valence-corrected chi connectivity index (χ2v) is 5.93. The highest BCUT2D eigenvalue weighted by Crippen LogP contribution is 2.27. The average molecular weight is 359 g/mol. The van der Waals surface area contributed by atoms with Crippen molar-refractivity contribution in [2.45, 2.75) is 6.54 Å². The summed E-state index contributed by atoms with van der Waals surface area (Å²) in [4.78, 5) is 27.0. The number of pyridine rings is 1. The molecule has 0 saturated heterocycles. The van der Waals surface area contributed by atoms with Gasteiger partial charge in [0.05, 0.1) is 23.8 Å². The van der Waals surface area contributed by atoms with Gasteiger partial charge in [-0.2, -0.15) is 0 Å².